The molecule has 0 bridgehead atoms. The molecule has 1 atom stereocenters. The Hall–Kier alpha value is -2.77. The third kappa shape index (κ3) is 3.20. The van der Waals surface area contributed by atoms with Gasteiger partial charge in [0.1, 0.15) is 12.0 Å². The fourth-order valence-corrected chi connectivity index (χ4v) is 3.79. The highest BCUT2D eigenvalue weighted by molar-refractivity contribution is 5.92. The molecule has 1 aliphatic rings. The van der Waals surface area contributed by atoms with Crippen molar-refractivity contribution >= 4 is 11.7 Å². The normalized spacial score (nSPS) is 17.8. The summed E-state index contributed by atoms with van der Waals surface area (Å²) in [4.78, 5) is 23.7. The summed E-state index contributed by atoms with van der Waals surface area (Å²) in [5, 5.41) is 8.81. The zero-order valence-electron chi connectivity index (χ0n) is 16.3. The number of rotatable bonds is 3. The Balaban J connectivity index is 1.61. The van der Waals surface area contributed by atoms with E-state index in [1.54, 1.807) is 9.20 Å². The summed E-state index contributed by atoms with van der Waals surface area (Å²) in [7, 11) is 1.84. The molecular weight excluding hydrogens is 342 g/mol. The van der Waals surface area contributed by atoms with Crippen molar-refractivity contribution < 1.29 is 4.79 Å². The maximum atomic E-state index is 13.1. The van der Waals surface area contributed by atoms with E-state index in [1.165, 1.54) is 6.33 Å². The molecule has 0 spiro atoms. The molecule has 8 nitrogen and oxygen atoms in total. The summed E-state index contributed by atoms with van der Waals surface area (Å²) in [6.07, 6.45) is 3.51. The van der Waals surface area contributed by atoms with Crippen LogP contribution in [-0.2, 0) is 7.05 Å². The van der Waals surface area contributed by atoms with Crippen molar-refractivity contribution in [2.45, 2.75) is 45.4 Å². The topological polar surface area (TPSA) is 81.2 Å². The second kappa shape index (κ2) is 6.75. The molecule has 0 saturated carbocycles. The number of aromatic nitrogens is 6. The highest BCUT2D eigenvalue weighted by atomic mass is 16.2. The van der Waals surface area contributed by atoms with Crippen LogP contribution in [0, 0.1) is 6.92 Å². The molecule has 3 aromatic heterocycles. The second-order valence-electron chi connectivity index (χ2n) is 7.62. The number of likely N-dealkylation sites (tertiary alicyclic amines) is 1. The lowest BCUT2D eigenvalue weighted by molar-refractivity contribution is 0.0694. The molecule has 8 heteroatoms. The van der Waals surface area contributed by atoms with Crippen LogP contribution in [0.4, 0.5) is 0 Å². The van der Waals surface area contributed by atoms with Gasteiger partial charge >= 0.3 is 0 Å². The van der Waals surface area contributed by atoms with E-state index in [0.717, 1.165) is 36.5 Å². The maximum Gasteiger partial charge on any atom is 0.272 e. The molecule has 142 valence electrons. The van der Waals surface area contributed by atoms with Crippen LogP contribution in [0.15, 0.2) is 18.5 Å². The van der Waals surface area contributed by atoms with Crippen LogP contribution in [0.1, 0.15) is 66.1 Å². The van der Waals surface area contributed by atoms with Crippen molar-refractivity contribution in [3.8, 4) is 0 Å². The molecule has 1 fully saturated rings. The van der Waals surface area contributed by atoms with Crippen molar-refractivity contribution in [3.63, 3.8) is 0 Å². The van der Waals surface area contributed by atoms with Crippen molar-refractivity contribution in [3.05, 3.63) is 41.2 Å². The number of amides is 1. The van der Waals surface area contributed by atoms with Crippen LogP contribution < -0.4 is 0 Å². The van der Waals surface area contributed by atoms with Gasteiger partial charge in [-0.1, -0.05) is 13.8 Å². The monoisotopic (exact) mass is 367 g/mol. The van der Waals surface area contributed by atoms with Gasteiger partial charge in [-0.2, -0.15) is 15.2 Å². The van der Waals surface area contributed by atoms with Crippen LogP contribution in [0.5, 0.6) is 0 Å². The molecule has 0 aromatic carbocycles. The fourth-order valence-electron chi connectivity index (χ4n) is 3.79. The quantitative estimate of drug-likeness (QED) is 0.709. The van der Waals surface area contributed by atoms with Crippen LogP contribution in [0.25, 0.3) is 5.78 Å². The van der Waals surface area contributed by atoms with Crippen LogP contribution >= 0.6 is 0 Å². The summed E-state index contributed by atoms with van der Waals surface area (Å²) in [5.41, 5.74) is 3.59. The van der Waals surface area contributed by atoms with Gasteiger partial charge in [-0.3, -0.25) is 9.48 Å². The van der Waals surface area contributed by atoms with Gasteiger partial charge in [0, 0.05) is 31.7 Å². The molecule has 1 unspecified atom stereocenters. The Morgan fingerprint density at radius 2 is 2.11 bits per heavy atom. The number of hydrogen-bond acceptors (Lipinski definition) is 5. The molecule has 0 N–H and O–H groups in total. The first-order chi connectivity index (χ1) is 12.9. The van der Waals surface area contributed by atoms with E-state index in [0.29, 0.717) is 23.9 Å². The molecule has 1 saturated heterocycles. The Kier molecular flexibility index (Phi) is 4.41. The summed E-state index contributed by atoms with van der Waals surface area (Å²) in [5.74, 6) is 1.17. The smallest absolute Gasteiger partial charge is 0.272 e. The third-order valence-corrected chi connectivity index (χ3v) is 5.24. The number of carbonyl (C=O) groups excluding carboxylic acids is 1. The van der Waals surface area contributed by atoms with Crippen molar-refractivity contribution in [2.75, 3.05) is 13.1 Å². The first kappa shape index (κ1) is 17.6. The lowest BCUT2D eigenvalue weighted by Crippen LogP contribution is -2.40. The molecule has 4 rings (SSSR count). The number of fused-ring (bicyclic) bond motifs is 1. The van der Waals surface area contributed by atoms with Gasteiger partial charge in [0.25, 0.3) is 11.7 Å². The van der Waals surface area contributed by atoms with Crippen molar-refractivity contribution in [1.82, 2.24) is 34.3 Å². The van der Waals surface area contributed by atoms with Gasteiger partial charge in [-0.15, -0.1) is 0 Å². The molecule has 3 aromatic rings. The molecule has 1 aliphatic heterocycles. The van der Waals surface area contributed by atoms with E-state index in [4.69, 9.17) is 0 Å². The van der Waals surface area contributed by atoms with Gasteiger partial charge in [0.05, 0.1) is 11.4 Å². The number of hydrogen-bond donors (Lipinski definition) is 0. The average molecular weight is 367 g/mol. The Morgan fingerprint density at radius 1 is 1.30 bits per heavy atom. The van der Waals surface area contributed by atoms with Gasteiger partial charge in [-0.25, -0.2) is 9.50 Å². The second-order valence-corrected chi connectivity index (χ2v) is 7.62. The van der Waals surface area contributed by atoms with Crippen molar-refractivity contribution in [1.29, 1.82) is 0 Å². The largest absolute Gasteiger partial charge is 0.337 e. The fraction of sp³-hybridized carbons (Fsp3) is 0.526. The zero-order chi connectivity index (χ0) is 19.1. The predicted octanol–water partition coefficient (Wildman–Crippen LogP) is 2.31. The lowest BCUT2D eigenvalue weighted by atomic mass is 9.94. The van der Waals surface area contributed by atoms with Crippen LogP contribution in [0.3, 0.4) is 0 Å². The molecular formula is C19H25N7O. The zero-order valence-corrected chi connectivity index (χ0v) is 16.3. The Labute approximate surface area is 158 Å². The van der Waals surface area contributed by atoms with Crippen LogP contribution in [-0.4, -0.2) is 53.3 Å². The van der Waals surface area contributed by atoms with Crippen molar-refractivity contribution in [2.24, 2.45) is 7.05 Å². The predicted molar refractivity (Wildman–Crippen MR) is 101 cm³/mol. The van der Waals surface area contributed by atoms with E-state index < -0.39 is 0 Å². The number of aryl methyl sites for hydroxylation is 2. The first-order valence-corrected chi connectivity index (χ1v) is 9.44. The summed E-state index contributed by atoms with van der Waals surface area (Å²) in [6.45, 7) is 7.57. The molecule has 27 heavy (non-hydrogen) atoms. The highest BCUT2D eigenvalue weighted by Crippen LogP contribution is 2.28. The first-order valence-electron chi connectivity index (χ1n) is 9.44. The minimum atomic E-state index is 0.0437. The lowest BCUT2D eigenvalue weighted by Gasteiger charge is -2.33. The Bertz CT molecular complexity index is 987. The van der Waals surface area contributed by atoms with E-state index in [-0.39, 0.29) is 11.8 Å². The maximum absolute atomic E-state index is 13.1. The standard InChI is InChI=1S/C19H25N7O/c1-12(2)15-9-17(24(4)23-15)18(27)25-7-5-6-14(10-25)16-8-13(3)22-19-20-11-21-26(16)19/h8-9,11-12,14H,5-7,10H2,1-4H3. The molecule has 4 heterocycles. The number of nitrogens with zero attached hydrogens (tertiary/aromatic N) is 7. The van der Waals surface area contributed by atoms with E-state index >= 15 is 0 Å². The van der Waals surface area contributed by atoms with E-state index in [9.17, 15) is 4.79 Å². The van der Waals surface area contributed by atoms with Gasteiger partial charge in [0.2, 0.25) is 0 Å². The SMILES string of the molecule is Cc1cc(C2CCCN(C(=O)c3cc(C(C)C)nn3C)C2)n2ncnc2n1. The highest BCUT2D eigenvalue weighted by Gasteiger charge is 2.29. The number of carbonyl (C=O) groups is 1. The minimum Gasteiger partial charge on any atom is -0.337 e. The Morgan fingerprint density at radius 3 is 2.85 bits per heavy atom. The van der Waals surface area contributed by atoms with E-state index in [1.807, 2.05) is 24.9 Å². The van der Waals surface area contributed by atoms with E-state index in [2.05, 4.69) is 40.1 Å². The summed E-state index contributed by atoms with van der Waals surface area (Å²) < 4.78 is 3.50. The minimum absolute atomic E-state index is 0.0437. The molecule has 1 amide bonds. The average Bonchev–Trinajstić information content (AvgIpc) is 3.27. The summed E-state index contributed by atoms with van der Waals surface area (Å²) in [6, 6.07) is 3.98. The molecule has 0 aliphatic carbocycles. The third-order valence-electron chi connectivity index (χ3n) is 5.24. The molecule has 0 radical (unpaired) electrons. The van der Waals surface area contributed by atoms with Gasteiger partial charge in [0.15, 0.2) is 0 Å². The number of piperidine rings is 1. The van der Waals surface area contributed by atoms with Crippen LogP contribution in [0.2, 0.25) is 0 Å². The van der Waals surface area contributed by atoms with Gasteiger partial charge in [-0.05, 0) is 37.8 Å². The summed E-state index contributed by atoms with van der Waals surface area (Å²) >= 11 is 0. The van der Waals surface area contributed by atoms with Gasteiger partial charge < -0.3 is 4.90 Å².